The van der Waals surface area contributed by atoms with Gasteiger partial charge < -0.3 is 0 Å². The summed E-state index contributed by atoms with van der Waals surface area (Å²) in [6.45, 7) is 0. The molecule has 0 atom stereocenters. The molecule has 24 heavy (non-hydrogen) atoms. The molecule has 0 unspecified atom stereocenters. The van der Waals surface area contributed by atoms with Gasteiger partial charge in [-0.15, -0.1) is 0 Å². The van der Waals surface area contributed by atoms with Gasteiger partial charge in [0.15, 0.2) is 11.9 Å². The standard InChI is InChI=1S/C14H15O7PS2/c15-22(20-11-23(16,17)13-7-3-1-4-8-13)21-12-24(18,19)14-9-5-2-6-10-14/h1-10,22H,11-12H2. The molecule has 10 heteroatoms. The van der Waals surface area contributed by atoms with Crippen LogP contribution in [0.4, 0.5) is 0 Å². The van der Waals surface area contributed by atoms with Crippen molar-refractivity contribution in [3.05, 3.63) is 60.7 Å². The van der Waals surface area contributed by atoms with Gasteiger partial charge in [-0.05, 0) is 24.3 Å². The third kappa shape index (κ3) is 5.25. The van der Waals surface area contributed by atoms with Gasteiger partial charge in [-0.1, -0.05) is 36.4 Å². The first-order valence-electron chi connectivity index (χ1n) is 6.66. The lowest BCUT2D eigenvalue weighted by Crippen LogP contribution is -2.10. The molecule has 0 radical (unpaired) electrons. The summed E-state index contributed by atoms with van der Waals surface area (Å²) >= 11 is 0. The molecule has 7 nitrogen and oxygen atoms in total. The molecular weight excluding hydrogens is 375 g/mol. The summed E-state index contributed by atoms with van der Waals surface area (Å²) in [5.74, 6) is -1.72. The Morgan fingerprint density at radius 2 is 1.00 bits per heavy atom. The van der Waals surface area contributed by atoms with Gasteiger partial charge >= 0.3 is 8.25 Å². The first kappa shape index (κ1) is 18.8. The Kier molecular flexibility index (Phi) is 6.31. The van der Waals surface area contributed by atoms with Crippen molar-refractivity contribution in [2.75, 3.05) is 11.9 Å². The Labute approximate surface area is 141 Å². The second-order valence-electron chi connectivity index (χ2n) is 4.63. The van der Waals surface area contributed by atoms with E-state index in [0.717, 1.165) is 0 Å². The van der Waals surface area contributed by atoms with Gasteiger partial charge in [0.05, 0.1) is 9.79 Å². The molecule has 0 saturated carbocycles. The van der Waals surface area contributed by atoms with Gasteiger partial charge in [0.2, 0.25) is 19.7 Å². The van der Waals surface area contributed by atoms with Gasteiger partial charge in [0.1, 0.15) is 0 Å². The van der Waals surface area contributed by atoms with E-state index in [1.54, 1.807) is 36.4 Å². The van der Waals surface area contributed by atoms with Crippen LogP contribution in [0.25, 0.3) is 0 Å². The SMILES string of the molecule is O=[PH](OCS(=O)(=O)c1ccccc1)OCS(=O)(=O)c1ccccc1. The van der Waals surface area contributed by atoms with Crippen LogP contribution in [0.1, 0.15) is 0 Å². The Bertz CT molecular complexity index is 819. The number of rotatable bonds is 8. The summed E-state index contributed by atoms with van der Waals surface area (Å²) in [5.41, 5.74) is 0. The zero-order chi connectivity index (χ0) is 17.6. The fraction of sp³-hybridized carbons (Fsp3) is 0.143. The Balaban J connectivity index is 1.90. The van der Waals surface area contributed by atoms with Gasteiger partial charge in [0.25, 0.3) is 0 Å². The lowest BCUT2D eigenvalue weighted by Gasteiger charge is -2.07. The van der Waals surface area contributed by atoms with E-state index >= 15 is 0 Å². The average molecular weight is 390 g/mol. The first-order chi connectivity index (χ1) is 11.3. The molecule has 0 amide bonds. The summed E-state index contributed by atoms with van der Waals surface area (Å²) in [6, 6.07) is 15.0. The van der Waals surface area contributed by atoms with Crippen LogP contribution < -0.4 is 0 Å². The van der Waals surface area contributed by atoms with Crippen molar-refractivity contribution in [3.8, 4) is 0 Å². The molecule has 0 bridgehead atoms. The van der Waals surface area contributed by atoms with E-state index < -0.39 is 39.8 Å². The second kappa shape index (κ2) is 8.04. The first-order valence-corrected chi connectivity index (χ1v) is 11.2. The van der Waals surface area contributed by atoms with E-state index in [-0.39, 0.29) is 9.79 Å². The van der Waals surface area contributed by atoms with Crippen LogP contribution in [0.2, 0.25) is 0 Å². The van der Waals surface area contributed by atoms with E-state index in [2.05, 4.69) is 9.05 Å². The van der Waals surface area contributed by atoms with Crippen LogP contribution in [0, 0.1) is 0 Å². The minimum Gasteiger partial charge on any atom is -0.294 e. The Morgan fingerprint density at radius 1 is 0.667 bits per heavy atom. The van der Waals surface area contributed by atoms with Crippen LogP contribution in [0.5, 0.6) is 0 Å². The Hall–Kier alpha value is -1.51. The third-order valence-corrected chi connectivity index (χ3v) is 6.88. The molecule has 0 aromatic heterocycles. The predicted octanol–water partition coefficient (Wildman–Crippen LogP) is 2.27. The molecule has 0 aliphatic carbocycles. The number of hydrogen-bond acceptors (Lipinski definition) is 7. The highest BCUT2D eigenvalue weighted by atomic mass is 32.2. The van der Waals surface area contributed by atoms with Crippen LogP contribution >= 0.6 is 8.25 Å². The van der Waals surface area contributed by atoms with Crippen molar-refractivity contribution in [3.63, 3.8) is 0 Å². The fourth-order valence-electron chi connectivity index (χ4n) is 1.68. The van der Waals surface area contributed by atoms with Crippen LogP contribution in [-0.4, -0.2) is 28.7 Å². The summed E-state index contributed by atoms with van der Waals surface area (Å²) in [6.07, 6.45) is 0. The topological polar surface area (TPSA) is 104 Å². The average Bonchev–Trinajstić information content (AvgIpc) is 2.60. The largest absolute Gasteiger partial charge is 0.321 e. The van der Waals surface area contributed by atoms with E-state index in [0.29, 0.717) is 0 Å². The summed E-state index contributed by atoms with van der Waals surface area (Å²) in [5, 5.41) is 0. The molecule has 0 fully saturated rings. The van der Waals surface area contributed by atoms with Crippen LogP contribution in [0.15, 0.2) is 70.5 Å². The molecule has 0 N–H and O–H groups in total. The number of sulfone groups is 2. The van der Waals surface area contributed by atoms with Crippen molar-refractivity contribution in [1.82, 2.24) is 0 Å². The molecule has 0 heterocycles. The smallest absolute Gasteiger partial charge is 0.294 e. The van der Waals surface area contributed by atoms with Crippen molar-refractivity contribution in [2.45, 2.75) is 9.79 Å². The van der Waals surface area contributed by atoms with Crippen molar-refractivity contribution in [2.24, 2.45) is 0 Å². The number of hydrogen-bond donors (Lipinski definition) is 0. The molecular formula is C14H15O7PS2. The van der Waals surface area contributed by atoms with Gasteiger partial charge in [-0.3, -0.25) is 13.6 Å². The van der Waals surface area contributed by atoms with E-state index in [9.17, 15) is 21.4 Å². The summed E-state index contributed by atoms with van der Waals surface area (Å²) in [4.78, 5) is 0.0217. The molecule has 0 aliphatic heterocycles. The second-order valence-corrected chi connectivity index (χ2v) is 9.58. The maximum Gasteiger partial charge on any atom is 0.321 e. The van der Waals surface area contributed by atoms with E-state index in [1.165, 1.54) is 24.3 Å². The van der Waals surface area contributed by atoms with Gasteiger partial charge in [-0.2, -0.15) is 0 Å². The maximum atomic E-state index is 11.9. The summed E-state index contributed by atoms with van der Waals surface area (Å²) < 4.78 is 68.7. The zero-order valence-electron chi connectivity index (χ0n) is 12.4. The highest BCUT2D eigenvalue weighted by molar-refractivity contribution is 7.91. The minimum atomic E-state index is -3.79. The zero-order valence-corrected chi connectivity index (χ0v) is 15.0. The van der Waals surface area contributed by atoms with Crippen molar-refractivity contribution in [1.29, 1.82) is 0 Å². The molecule has 130 valence electrons. The van der Waals surface area contributed by atoms with E-state index in [4.69, 9.17) is 0 Å². The van der Waals surface area contributed by atoms with E-state index in [1.807, 2.05) is 0 Å². The molecule has 0 aliphatic rings. The molecule has 2 aromatic rings. The summed E-state index contributed by atoms with van der Waals surface area (Å²) in [7, 11) is -10.9. The van der Waals surface area contributed by atoms with Crippen LogP contribution in [0.3, 0.4) is 0 Å². The monoisotopic (exact) mass is 390 g/mol. The lowest BCUT2D eigenvalue weighted by molar-refractivity contribution is 0.275. The lowest BCUT2D eigenvalue weighted by atomic mass is 10.4. The maximum absolute atomic E-state index is 11.9. The third-order valence-electron chi connectivity index (χ3n) is 2.87. The minimum absolute atomic E-state index is 0.0108. The Morgan fingerprint density at radius 3 is 1.33 bits per heavy atom. The quantitative estimate of drug-likeness (QED) is 0.637. The van der Waals surface area contributed by atoms with Gasteiger partial charge in [-0.25, -0.2) is 16.8 Å². The van der Waals surface area contributed by atoms with Gasteiger partial charge in [0, 0.05) is 0 Å². The predicted molar refractivity (Wildman–Crippen MR) is 88.2 cm³/mol. The fourth-order valence-corrected chi connectivity index (χ4v) is 5.19. The molecule has 2 rings (SSSR count). The normalized spacial score (nSPS) is 12.4. The highest BCUT2D eigenvalue weighted by Crippen LogP contribution is 2.27. The van der Waals surface area contributed by atoms with Crippen molar-refractivity contribution < 1.29 is 30.4 Å². The highest BCUT2D eigenvalue weighted by Gasteiger charge is 2.19. The molecule has 2 aromatic carbocycles. The van der Waals surface area contributed by atoms with Crippen LogP contribution in [-0.2, 0) is 33.3 Å². The molecule has 0 saturated heterocycles. The number of benzene rings is 2. The molecule has 0 spiro atoms. The van der Waals surface area contributed by atoms with Crippen molar-refractivity contribution >= 4 is 27.9 Å².